The monoisotopic (exact) mass is 420 g/mol. The van der Waals surface area contributed by atoms with Gasteiger partial charge < -0.3 is 15.0 Å². The van der Waals surface area contributed by atoms with E-state index in [1.807, 2.05) is 13.0 Å². The first-order valence-electron chi connectivity index (χ1n) is 9.41. The second kappa shape index (κ2) is 10.5. The summed E-state index contributed by atoms with van der Waals surface area (Å²) < 4.78 is 44.7. The van der Waals surface area contributed by atoms with Gasteiger partial charge >= 0.3 is 6.18 Å². The molecule has 0 saturated heterocycles. The van der Waals surface area contributed by atoms with Crippen molar-refractivity contribution in [2.75, 3.05) is 25.0 Å². The summed E-state index contributed by atoms with van der Waals surface area (Å²) in [7, 11) is 0. The Hall–Kier alpha value is -3.29. The molecule has 0 fully saturated rings. The van der Waals surface area contributed by atoms with E-state index in [-0.39, 0.29) is 18.8 Å². The summed E-state index contributed by atoms with van der Waals surface area (Å²) in [5, 5.41) is 2.24. The standard InChI is InChI=1S/C22H23F3N2O3/c1-3-27(21(29)14-13-16-9-5-8-12-19(16)30-4-2)15-20(28)26-18-11-7-6-10-17(18)22(23,24)25/h5-14H,3-4,15H2,1-2H3,(H,26,28)/b14-13+. The molecule has 8 heteroatoms. The van der Waals surface area contributed by atoms with Crippen LogP contribution in [0, 0.1) is 0 Å². The van der Waals surface area contributed by atoms with Crippen molar-refractivity contribution in [1.29, 1.82) is 0 Å². The van der Waals surface area contributed by atoms with Crippen LogP contribution in [0.5, 0.6) is 5.75 Å². The van der Waals surface area contributed by atoms with Gasteiger partial charge in [-0.25, -0.2) is 0 Å². The summed E-state index contributed by atoms with van der Waals surface area (Å²) in [5.74, 6) is -0.540. The number of nitrogens with one attached hydrogen (secondary N) is 1. The van der Waals surface area contributed by atoms with Crippen LogP contribution in [0.3, 0.4) is 0 Å². The highest BCUT2D eigenvalue weighted by Gasteiger charge is 2.33. The number of carbonyl (C=O) groups excluding carboxylic acids is 2. The molecule has 2 aromatic rings. The maximum absolute atomic E-state index is 13.1. The summed E-state index contributed by atoms with van der Waals surface area (Å²) in [5.41, 5.74) is -0.591. The molecule has 0 radical (unpaired) electrons. The molecule has 0 unspecified atom stereocenters. The van der Waals surface area contributed by atoms with Crippen LogP contribution < -0.4 is 10.1 Å². The van der Waals surface area contributed by atoms with Crippen molar-refractivity contribution in [2.24, 2.45) is 0 Å². The molecule has 1 N–H and O–H groups in total. The maximum Gasteiger partial charge on any atom is 0.418 e. The number of anilines is 1. The van der Waals surface area contributed by atoms with Crippen molar-refractivity contribution in [3.63, 3.8) is 0 Å². The van der Waals surface area contributed by atoms with Crippen molar-refractivity contribution < 1.29 is 27.5 Å². The number of nitrogens with zero attached hydrogens (tertiary/aromatic N) is 1. The number of hydrogen-bond acceptors (Lipinski definition) is 3. The zero-order chi connectivity index (χ0) is 22.1. The highest BCUT2D eigenvalue weighted by molar-refractivity contribution is 5.98. The second-order valence-corrected chi connectivity index (χ2v) is 6.25. The van der Waals surface area contributed by atoms with Gasteiger partial charge in [0.1, 0.15) is 12.3 Å². The molecule has 0 aliphatic heterocycles. The highest BCUT2D eigenvalue weighted by Crippen LogP contribution is 2.34. The number of halogens is 3. The Labute approximate surface area is 173 Å². The molecule has 2 amide bonds. The molecule has 0 atom stereocenters. The van der Waals surface area contributed by atoms with E-state index in [1.54, 1.807) is 31.2 Å². The van der Waals surface area contributed by atoms with Gasteiger partial charge in [-0.3, -0.25) is 9.59 Å². The van der Waals surface area contributed by atoms with Crippen LogP contribution in [0.2, 0.25) is 0 Å². The first kappa shape index (κ1) is 23.0. The van der Waals surface area contributed by atoms with Crippen molar-refractivity contribution in [3.8, 4) is 5.75 Å². The number of carbonyl (C=O) groups is 2. The molecule has 0 bridgehead atoms. The van der Waals surface area contributed by atoms with E-state index in [4.69, 9.17) is 4.74 Å². The van der Waals surface area contributed by atoms with Gasteiger partial charge in [-0.05, 0) is 38.1 Å². The number of likely N-dealkylation sites (N-methyl/N-ethyl adjacent to an activating group) is 1. The SMILES string of the molecule is CCOc1ccccc1/C=C/C(=O)N(CC)CC(=O)Nc1ccccc1C(F)(F)F. The predicted molar refractivity (Wildman–Crippen MR) is 109 cm³/mol. The van der Waals surface area contributed by atoms with Crippen LogP contribution in [0.4, 0.5) is 18.9 Å². The third-order valence-electron chi connectivity index (χ3n) is 4.16. The predicted octanol–water partition coefficient (Wildman–Crippen LogP) is 4.60. The van der Waals surface area contributed by atoms with Crippen LogP contribution in [-0.4, -0.2) is 36.4 Å². The summed E-state index contributed by atoms with van der Waals surface area (Å²) in [6.07, 6.45) is -1.72. The quantitative estimate of drug-likeness (QED) is 0.635. The highest BCUT2D eigenvalue weighted by atomic mass is 19.4. The number of benzene rings is 2. The molecule has 0 spiro atoms. The third kappa shape index (κ3) is 6.37. The van der Waals surface area contributed by atoms with Gasteiger partial charge in [0.2, 0.25) is 11.8 Å². The van der Waals surface area contributed by atoms with Crippen molar-refractivity contribution in [2.45, 2.75) is 20.0 Å². The normalized spacial score (nSPS) is 11.4. The van der Waals surface area contributed by atoms with E-state index >= 15 is 0 Å². The Morgan fingerprint density at radius 3 is 2.40 bits per heavy atom. The van der Waals surface area contributed by atoms with Gasteiger partial charge in [0.15, 0.2) is 0 Å². The van der Waals surface area contributed by atoms with Crippen LogP contribution in [-0.2, 0) is 15.8 Å². The zero-order valence-electron chi connectivity index (χ0n) is 16.7. The lowest BCUT2D eigenvalue weighted by Crippen LogP contribution is -2.37. The molecule has 2 rings (SSSR count). The summed E-state index contributed by atoms with van der Waals surface area (Å²) in [6.45, 7) is 3.83. The fourth-order valence-electron chi connectivity index (χ4n) is 2.72. The summed E-state index contributed by atoms with van der Waals surface area (Å²) >= 11 is 0. The molecule has 2 aromatic carbocycles. The van der Waals surface area contributed by atoms with E-state index in [1.165, 1.54) is 29.2 Å². The fourth-order valence-corrected chi connectivity index (χ4v) is 2.72. The van der Waals surface area contributed by atoms with Gasteiger partial charge in [-0.15, -0.1) is 0 Å². The average Bonchev–Trinajstić information content (AvgIpc) is 2.71. The topological polar surface area (TPSA) is 58.6 Å². The second-order valence-electron chi connectivity index (χ2n) is 6.25. The Morgan fingerprint density at radius 2 is 1.73 bits per heavy atom. The molecule has 0 aliphatic carbocycles. The van der Waals surface area contributed by atoms with Gasteiger partial charge in [-0.1, -0.05) is 30.3 Å². The smallest absolute Gasteiger partial charge is 0.418 e. The summed E-state index contributed by atoms with van der Waals surface area (Å²) in [6, 6.07) is 11.9. The molecular weight excluding hydrogens is 397 g/mol. The van der Waals surface area contributed by atoms with Gasteiger partial charge in [0.05, 0.1) is 17.9 Å². The number of ether oxygens (including phenoxy) is 1. The van der Waals surface area contributed by atoms with Crippen LogP contribution in [0.1, 0.15) is 25.0 Å². The maximum atomic E-state index is 13.1. The number of amides is 2. The Kier molecular flexibility index (Phi) is 8.03. The first-order valence-corrected chi connectivity index (χ1v) is 9.41. The van der Waals surface area contributed by atoms with Gasteiger partial charge in [0.25, 0.3) is 0 Å². The largest absolute Gasteiger partial charge is 0.493 e. The Morgan fingerprint density at radius 1 is 1.07 bits per heavy atom. The molecule has 0 heterocycles. The summed E-state index contributed by atoms with van der Waals surface area (Å²) in [4.78, 5) is 26.0. The van der Waals surface area contributed by atoms with Gasteiger partial charge in [0, 0.05) is 18.2 Å². The van der Waals surface area contributed by atoms with E-state index in [0.717, 1.165) is 6.07 Å². The molecule has 0 saturated carbocycles. The minimum atomic E-state index is -4.60. The van der Waals surface area contributed by atoms with Crippen molar-refractivity contribution in [3.05, 3.63) is 65.7 Å². The van der Waals surface area contributed by atoms with Crippen LogP contribution in [0.25, 0.3) is 6.08 Å². The number of alkyl halides is 3. The van der Waals surface area contributed by atoms with E-state index < -0.39 is 23.6 Å². The Bertz CT molecular complexity index is 910. The molecule has 5 nitrogen and oxygen atoms in total. The van der Waals surface area contributed by atoms with Crippen LogP contribution >= 0.6 is 0 Å². The van der Waals surface area contributed by atoms with E-state index in [0.29, 0.717) is 17.9 Å². The number of para-hydroxylation sites is 2. The third-order valence-corrected chi connectivity index (χ3v) is 4.16. The van der Waals surface area contributed by atoms with Crippen molar-refractivity contribution >= 4 is 23.6 Å². The Balaban J connectivity index is 2.07. The van der Waals surface area contributed by atoms with Crippen molar-refractivity contribution in [1.82, 2.24) is 4.90 Å². The zero-order valence-corrected chi connectivity index (χ0v) is 16.7. The number of rotatable bonds is 8. The molecule has 160 valence electrons. The lowest BCUT2D eigenvalue weighted by molar-refractivity contribution is -0.137. The molecular formula is C22H23F3N2O3. The van der Waals surface area contributed by atoms with E-state index in [2.05, 4.69) is 5.32 Å². The molecule has 30 heavy (non-hydrogen) atoms. The lowest BCUT2D eigenvalue weighted by atomic mass is 10.1. The first-order chi connectivity index (χ1) is 14.3. The average molecular weight is 420 g/mol. The van der Waals surface area contributed by atoms with Crippen LogP contribution in [0.15, 0.2) is 54.6 Å². The number of hydrogen-bond donors (Lipinski definition) is 1. The van der Waals surface area contributed by atoms with Gasteiger partial charge in [-0.2, -0.15) is 13.2 Å². The molecule has 0 aromatic heterocycles. The van der Waals surface area contributed by atoms with E-state index in [9.17, 15) is 22.8 Å². The minimum absolute atomic E-state index is 0.213. The molecule has 0 aliphatic rings. The minimum Gasteiger partial charge on any atom is -0.493 e. The lowest BCUT2D eigenvalue weighted by Gasteiger charge is -2.20. The fraction of sp³-hybridized carbons (Fsp3) is 0.273.